The molecule has 0 radical (unpaired) electrons. The molecular weight excluding hydrogens is 180 g/mol. The fraction of sp³-hybridized carbons (Fsp3) is 1.00. The summed E-state index contributed by atoms with van der Waals surface area (Å²) in [6, 6.07) is 0. The van der Waals surface area contributed by atoms with Crippen LogP contribution in [0.15, 0.2) is 0 Å². The lowest BCUT2D eigenvalue weighted by molar-refractivity contribution is 0.202. The summed E-state index contributed by atoms with van der Waals surface area (Å²) in [5.74, 6) is 6.37. The van der Waals surface area contributed by atoms with Crippen LogP contribution < -0.4 is 0 Å². The molecule has 0 heteroatoms. The molecule has 0 bridgehead atoms. The molecule has 1 unspecified atom stereocenters. The van der Waals surface area contributed by atoms with Gasteiger partial charge in [-0.15, -0.1) is 0 Å². The van der Waals surface area contributed by atoms with E-state index in [0.717, 1.165) is 35.5 Å². The first-order chi connectivity index (χ1) is 7.03. The van der Waals surface area contributed by atoms with Crippen LogP contribution in [-0.4, -0.2) is 0 Å². The standard InChI is InChI=1S/C15H26/c1-9-6-8-12-14(15(12,3)4)13-10(2)5-7-11(9)13/h9-14H,5-8H2,1-4H3/t9?,10-,11+,12+,13-,14+/m0/s1. The summed E-state index contributed by atoms with van der Waals surface area (Å²) in [5, 5.41) is 0. The highest BCUT2D eigenvalue weighted by Gasteiger charge is 2.64. The van der Waals surface area contributed by atoms with Crippen LogP contribution in [0.25, 0.3) is 0 Å². The molecule has 0 aromatic carbocycles. The Morgan fingerprint density at radius 3 is 2.27 bits per heavy atom. The van der Waals surface area contributed by atoms with Gasteiger partial charge in [-0.05, 0) is 53.8 Å². The van der Waals surface area contributed by atoms with Crippen molar-refractivity contribution < 1.29 is 0 Å². The van der Waals surface area contributed by atoms with E-state index in [-0.39, 0.29) is 0 Å². The second-order valence-corrected chi connectivity index (χ2v) is 7.30. The van der Waals surface area contributed by atoms with Gasteiger partial charge in [0.25, 0.3) is 0 Å². The molecule has 3 aliphatic rings. The van der Waals surface area contributed by atoms with Crippen LogP contribution >= 0.6 is 0 Å². The summed E-state index contributed by atoms with van der Waals surface area (Å²) in [5.41, 5.74) is 0.696. The summed E-state index contributed by atoms with van der Waals surface area (Å²) >= 11 is 0. The molecule has 0 aromatic rings. The van der Waals surface area contributed by atoms with E-state index in [0.29, 0.717) is 5.41 Å². The van der Waals surface area contributed by atoms with Gasteiger partial charge < -0.3 is 0 Å². The zero-order valence-corrected chi connectivity index (χ0v) is 10.8. The zero-order chi connectivity index (χ0) is 10.8. The van der Waals surface area contributed by atoms with E-state index >= 15 is 0 Å². The van der Waals surface area contributed by atoms with Crippen molar-refractivity contribution in [2.24, 2.45) is 40.9 Å². The lowest BCUT2D eigenvalue weighted by Gasteiger charge is -2.28. The third kappa shape index (κ3) is 1.26. The first-order valence-electron chi connectivity index (χ1n) is 7.03. The van der Waals surface area contributed by atoms with Crippen LogP contribution in [0.1, 0.15) is 53.4 Å². The molecule has 15 heavy (non-hydrogen) atoms. The van der Waals surface area contributed by atoms with E-state index in [1.807, 2.05) is 0 Å². The minimum absolute atomic E-state index is 0.696. The molecule has 0 nitrogen and oxygen atoms in total. The van der Waals surface area contributed by atoms with E-state index in [1.54, 1.807) is 0 Å². The quantitative estimate of drug-likeness (QED) is 0.553. The average Bonchev–Trinajstić information content (AvgIpc) is 2.55. The van der Waals surface area contributed by atoms with Gasteiger partial charge >= 0.3 is 0 Å². The second kappa shape index (κ2) is 3.02. The third-order valence-electron chi connectivity index (χ3n) is 6.32. The molecule has 0 aromatic heterocycles. The van der Waals surface area contributed by atoms with Gasteiger partial charge in [-0.3, -0.25) is 0 Å². The van der Waals surface area contributed by atoms with E-state index in [2.05, 4.69) is 27.7 Å². The SMILES string of the molecule is CC1CC[C@@H]2[C@H]([C@@H]3[C@@H]1CC[C@@H]3C)C2(C)C. The predicted octanol–water partition coefficient (Wildman–Crippen LogP) is 4.35. The van der Waals surface area contributed by atoms with Crippen LogP contribution in [0.4, 0.5) is 0 Å². The van der Waals surface area contributed by atoms with Crippen molar-refractivity contribution >= 4 is 0 Å². The molecule has 0 spiro atoms. The third-order valence-corrected chi connectivity index (χ3v) is 6.32. The molecule has 6 atom stereocenters. The number of rotatable bonds is 0. The van der Waals surface area contributed by atoms with Crippen molar-refractivity contribution in [3.05, 3.63) is 0 Å². The first kappa shape index (κ1) is 10.2. The van der Waals surface area contributed by atoms with Crippen molar-refractivity contribution in [3.8, 4) is 0 Å². The summed E-state index contributed by atoms with van der Waals surface area (Å²) in [4.78, 5) is 0. The van der Waals surface area contributed by atoms with E-state index in [4.69, 9.17) is 0 Å². The monoisotopic (exact) mass is 206 g/mol. The number of fused-ring (bicyclic) bond motifs is 3. The Balaban J connectivity index is 1.90. The van der Waals surface area contributed by atoms with Gasteiger partial charge in [0.2, 0.25) is 0 Å². The first-order valence-corrected chi connectivity index (χ1v) is 7.03. The maximum absolute atomic E-state index is 2.53. The van der Waals surface area contributed by atoms with Gasteiger partial charge in [0, 0.05) is 0 Å². The molecule has 0 heterocycles. The largest absolute Gasteiger partial charge is 0.0622 e. The highest BCUT2D eigenvalue weighted by atomic mass is 14.7. The van der Waals surface area contributed by atoms with E-state index < -0.39 is 0 Å². The smallest absolute Gasteiger partial charge is 0.0289 e. The van der Waals surface area contributed by atoms with Crippen LogP contribution in [-0.2, 0) is 0 Å². The molecule has 0 aliphatic heterocycles. The van der Waals surface area contributed by atoms with Crippen molar-refractivity contribution in [1.82, 2.24) is 0 Å². The highest BCUT2D eigenvalue weighted by Crippen LogP contribution is 2.70. The second-order valence-electron chi connectivity index (χ2n) is 7.30. The molecule has 0 saturated heterocycles. The Labute approximate surface area is 94.8 Å². The van der Waals surface area contributed by atoms with Crippen LogP contribution in [0.5, 0.6) is 0 Å². The molecule has 3 rings (SSSR count). The summed E-state index contributed by atoms with van der Waals surface area (Å²) in [6.07, 6.45) is 6.09. The van der Waals surface area contributed by atoms with Crippen molar-refractivity contribution in [3.63, 3.8) is 0 Å². The van der Waals surface area contributed by atoms with Gasteiger partial charge in [-0.1, -0.05) is 40.5 Å². The molecule has 3 saturated carbocycles. The van der Waals surface area contributed by atoms with Gasteiger partial charge in [-0.2, -0.15) is 0 Å². The Bertz CT molecular complexity index is 265. The van der Waals surface area contributed by atoms with Crippen molar-refractivity contribution in [2.75, 3.05) is 0 Å². The Morgan fingerprint density at radius 1 is 0.867 bits per heavy atom. The summed E-state index contributed by atoms with van der Waals surface area (Å²) in [7, 11) is 0. The lowest BCUT2D eigenvalue weighted by Crippen LogP contribution is -2.22. The summed E-state index contributed by atoms with van der Waals surface area (Å²) in [6.45, 7) is 10.1. The van der Waals surface area contributed by atoms with E-state index in [9.17, 15) is 0 Å². The predicted molar refractivity (Wildman–Crippen MR) is 64.5 cm³/mol. The Kier molecular flexibility index (Phi) is 2.05. The topological polar surface area (TPSA) is 0 Å². The summed E-state index contributed by atoms with van der Waals surface area (Å²) < 4.78 is 0. The van der Waals surface area contributed by atoms with Crippen molar-refractivity contribution in [2.45, 2.75) is 53.4 Å². The van der Waals surface area contributed by atoms with Crippen LogP contribution in [0.3, 0.4) is 0 Å². The van der Waals surface area contributed by atoms with E-state index in [1.165, 1.54) is 25.7 Å². The number of hydrogen-bond acceptors (Lipinski definition) is 0. The minimum atomic E-state index is 0.696. The highest BCUT2D eigenvalue weighted by molar-refractivity contribution is 5.12. The molecule has 0 N–H and O–H groups in total. The van der Waals surface area contributed by atoms with Crippen LogP contribution in [0, 0.1) is 40.9 Å². The fourth-order valence-electron chi connectivity index (χ4n) is 5.31. The molecule has 3 fully saturated rings. The van der Waals surface area contributed by atoms with Crippen molar-refractivity contribution in [1.29, 1.82) is 0 Å². The molecule has 3 aliphatic carbocycles. The van der Waals surface area contributed by atoms with Crippen LogP contribution in [0.2, 0.25) is 0 Å². The van der Waals surface area contributed by atoms with Gasteiger partial charge in [0.15, 0.2) is 0 Å². The Morgan fingerprint density at radius 2 is 1.53 bits per heavy atom. The number of hydrogen-bond donors (Lipinski definition) is 0. The van der Waals surface area contributed by atoms with Gasteiger partial charge in [0.05, 0.1) is 0 Å². The minimum Gasteiger partial charge on any atom is -0.0622 e. The Hall–Kier alpha value is 0. The molecular formula is C15H26. The maximum Gasteiger partial charge on any atom is -0.0289 e. The lowest BCUT2D eigenvalue weighted by atomic mass is 9.77. The normalized spacial score (nSPS) is 56.8. The zero-order valence-electron chi connectivity index (χ0n) is 10.8. The van der Waals surface area contributed by atoms with Gasteiger partial charge in [0.1, 0.15) is 0 Å². The molecule has 86 valence electrons. The maximum atomic E-state index is 2.53. The average molecular weight is 206 g/mol. The van der Waals surface area contributed by atoms with Gasteiger partial charge in [-0.25, -0.2) is 0 Å². The molecule has 0 amide bonds. The fourth-order valence-corrected chi connectivity index (χ4v) is 5.31.